The standard InChI is InChI=1S/C19H17N3O3S2/c1-3-25-18(24)15-11(2)21-19-22(16(15)13-7-5-9-26-13)17(23)14(27-19)10-12-6-4-8-20-12/h4-10,16,20H,3H2,1-2H3/b14-10-. The molecule has 3 aromatic heterocycles. The van der Waals surface area contributed by atoms with Crippen LogP contribution in [0.1, 0.15) is 30.5 Å². The lowest BCUT2D eigenvalue weighted by molar-refractivity contribution is -0.139. The molecule has 138 valence electrons. The van der Waals surface area contributed by atoms with Gasteiger partial charge in [-0.05, 0) is 43.5 Å². The van der Waals surface area contributed by atoms with Gasteiger partial charge >= 0.3 is 5.97 Å². The number of hydrogen-bond donors (Lipinski definition) is 1. The molecule has 0 saturated heterocycles. The molecule has 4 heterocycles. The first-order chi connectivity index (χ1) is 13.1. The summed E-state index contributed by atoms with van der Waals surface area (Å²) in [6.45, 7) is 3.82. The van der Waals surface area contributed by atoms with Crippen LogP contribution >= 0.6 is 22.7 Å². The van der Waals surface area contributed by atoms with Crippen molar-refractivity contribution in [1.82, 2.24) is 9.55 Å². The van der Waals surface area contributed by atoms with Crippen molar-refractivity contribution in [2.45, 2.75) is 19.9 Å². The Morgan fingerprint density at radius 2 is 2.26 bits per heavy atom. The molecule has 27 heavy (non-hydrogen) atoms. The minimum Gasteiger partial charge on any atom is -0.463 e. The number of hydrogen-bond acceptors (Lipinski definition) is 6. The number of thiazole rings is 1. The Bertz CT molecular complexity index is 1180. The smallest absolute Gasteiger partial charge is 0.338 e. The van der Waals surface area contributed by atoms with E-state index in [1.165, 1.54) is 22.7 Å². The maximum absolute atomic E-state index is 13.2. The molecule has 8 heteroatoms. The van der Waals surface area contributed by atoms with Gasteiger partial charge in [-0.25, -0.2) is 9.79 Å². The number of nitrogens with zero attached hydrogens (tertiary/aromatic N) is 2. The molecule has 0 aromatic carbocycles. The highest BCUT2D eigenvalue weighted by molar-refractivity contribution is 7.10. The summed E-state index contributed by atoms with van der Waals surface area (Å²) in [6, 6.07) is 7.08. The molecule has 0 aliphatic carbocycles. The van der Waals surface area contributed by atoms with Gasteiger partial charge in [0.1, 0.15) is 6.04 Å². The molecule has 6 nitrogen and oxygen atoms in total. The molecule has 0 radical (unpaired) electrons. The Hall–Kier alpha value is -2.71. The molecular formula is C19H17N3O3S2. The third-order valence-electron chi connectivity index (χ3n) is 4.24. The van der Waals surface area contributed by atoms with E-state index in [0.717, 1.165) is 10.6 Å². The lowest BCUT2D eigenvalue weighted by Crippen LogP contribution is -2.39. The summed E-state index contributed by atoms with van der Waals surface area (Å²) in [5, 5.41) is 1.93. The van der Waals surface area contributed by atoms with Crippen molar-refractivity contribution in [3.8, 4) is 0 Å². The zero-order valence-electron chi connectivity index (χ0n) is 14.8. The van der Waals surface area contributed by atoms with Gasteiger partial charge < -0.3 is 9.72 Å². The quantitative estimate of drug-likeness (QED) is 0.683. The van der Waals surface area contributed by atoms with Crippen molar-refractivity contribution in [3.63, 3.8) is 0 Å². The molecule has 3 aromatic rings. The van der Waals surface area contributed by atoms with Crippen molar-refractivity contribution < 1.29 is 9.53 Å². The SMILES string of the molecule is CCOC(=O)C1=C(C)N=c2s/c(=C\c3ccc[nH]3)c(=O)n2C1c1cccs1. The van der Waals surface area contributed by atoms with Crippen LogP contribution in [0, 0.1) is 0 Å². The predicted octanol–water partition coefficient (Wildman–Crippen LogP) is 2.19. The Kier molecular flexibility index (Phi) is 4.67. The van der Waals surface area contributed by atoms with E-state index >= 15 is 0 Å². The number of nitrogens with one attached hydrogen (secondary N) is 1. The van der Waals surface area contributed by atoms with Crippen LogP contribution in [-0.4, -0.2) is 22.1 Å². The Morgan fingerprint density at radius 1 is 1.41 bits per heavy atom. The first-order valence-electron chi connectivity index (χ1n) is 8.46. The van der Waals surface area contributed by atoms with Crippen LogP contribution in [-0.2, 0) is 9.53 Å². The van der Waals surface area contributed by atoms with Crippen LogP contribution in [0.2, 0.25) is 0 Å². The topological polar surface area (TPSA) is 76.4 Å². The van der Waals surface area contributed by atoms with E-state index in [9.17, 15) is 9.59 Å². The van der Waals surface area contributed by atoms with Gasteiger partial charge in [0.25, 0.3) is 5.56 Å². The second-order valence-electron chi connectivity index (χ2n) is 5.94. The lowest BCUT2D eigenvalue weighted by Gasteiger charge is -2.23. The summed E-state index contributed by atoms with van der Waals surface area (Å²) < 4.78 is 7.42. The lowest BCUT2D eigenvalue weighted by atomic mass is 10.0. The maximum atomic E-state index is 13.2. The van der Waals surface area contributed by atoms with Crippen LogP contribution < -0.4 is 14.9 Å². The molecular weight excluding hydrogens is 382 g/mol. The van der Waals surface area contributed by atoms with Crippen LogP contribution in [0.5, 0.6) is 0 Å². The van der Waals surface area contributed by atoms with Gasteiger partial charge in [0.2, 0.25) is 0 Å². The van der Waals surface area contributed by atoms with Crippen molar-refractivity contribution in [2.75, 3.05) is 6.61 Å². The highest BCUT2D eigenvalue weighted by Gasteiger charge is 2.33. The van der Waals surface area contributed by atoms with E-state index in [1.54, 1.807) is 30.7 Å². The Labute approximate surface area is 162 Å². The number of carbonyl (C=O) groups excluding carboxylic acids is 1. The predicted molar refractivity (Wildman–Crippen MR) is 106 cm³/mol. The van der Waals surface area contributed by atoms with E-state index in [0.29, 0.717) is 20.6 Å². The summed E-state index contributed by atoms with van der Waals surface area (Å²) in [6.07, 6.45) is 3.61. The van der Waals surface area contributed by atoms with Gasteiger partial charge in [-0.1, -0.05) is 17.4 Å². The number of esters is 1. The second kappa shape index (κ2) is 7.13. The number of rotatable bonds is 4. The largest absolute Gasteiger partial charge is 0.463 e. The number of thiophene rings is 1. The molecule has 1 aliphatic heterocycles. The zero-order valence-corrected chi connectivity index (χ0v) is 16.4. The molecule has 0 fully saturated rings. The molecule has 0 spiro atoms. The number of aromatic nitrogens is 2. The minimum absolute atomic E-state index is 0.166. The van der Waals surface area contributed by atoms with Gasteiger partial charge in [0, 0.05) is 16.8 Å². The minimum atomic E-state index is -0.522. The van der Waals surface area contributed by atoms with Gasteiger partial charge in [0.05, 0.1) is 22.4 Å². The van der Waals surface area contributed by atoms with Crippen LogP contribution in [0.25, 0.3) is 6.08 Å². The number of ether oxygens (including phenoxy) is 1. The van der Waals surface area contributed by atoms with Crippen LogP contribution in [0.4, 0.5) is 0 Å². The first kappa shape index (κ1) is 17.7. The maximum Gasteiger partial charge on any atom is 0.338 e. The summed E-state index contributed by atoms with van der Waals surface area (Å²) >= 11 is 2.82. The van der Waals surface area contributed by atoms with Gasteiger partial charge in [0.15, 0.2) is 4.80 Å². The number of carbonyl (C=O) groups is 1. The molecule has 0 saturated carbocycles. The molecule has 1 unspecified atom stereocenters. The Balaban J connectivity index is 1.96. The van der Waals surface area contributed by atoms with E-state index in [1.807, 2.05) is 29.6 Å². The molecule has 0 amide bonds. The first-order valence-corrected chi connectivity index (χ1v) is 10.2. The number of H-pyrrole nitrogens is 1. The number of aromatic amines is 1. The van der Waals surface area contributed by atoms with E-state index in [-0.39, 0.29) is 12.2 Å². The fourth-order valence-electron chi connectivity index (χ4n) is 3.08. The van der Waals surface area contributed by atoms with Crippen LogP contribution in [0.15, 0.2) is 56.9 Å². The van der Waals surface area contributed by atoms with Crippen molar-refractivity contribution in [3.05, 3.63) is 77.4 Å². The number of allylic oxidation sites excluding steroid dienone is 1. The average molecular weight is 399 g/mol. The normalized spacial score (nSPS) is 17.0. The molecule has 4 rings (SSSR count). The van der Waals surface area contributed by atoms with Crippen LogP contribution in [0.3, 0.4) is 0 Å². The van der Waals surface area contributed by atoms with Gasteiger partial charge in [-0.15, -0.1) is 11.3 Å². The fourth-order valence-corrected chi connectivity index (χ4v) is 4.94. The van der Waals surface area contributed by atoms with Gasteiger partial charge in [-0.3, -0.25) is 9.36 Å². The Morgan fingerprint density at radius 3 is 2.93 bits per heavy atom. The highest BCUT2D eigenvalue weighted by Crippen LogP contribution is 2.33. The molecule has 1 aliphatic rings. The van der Waals surface area contributed by atoms with Gasteiger partial charge in [-0.2, -0.15) is 0 Å². The van der Waals surface area contributed by atoms with Crippen molar-refractivity contribution in [2.24, 2.45) is 4.99 Å². The van der Waals surface area contributed by atoms with E-state index in [2.05, 4.69) is 9.98 Å². The third kappa shape index (κ3) is 3.11. The monoisotopic (exact) mass is 399 g/mol. The summed E-state index contributed by atoms with van der Waals surface area (Å²) in [7, 11) is 0. The number of fused-ring (bicyclic) bond motifs is 1. The summed E-state index contributed by atoms with van der Waals surface area (Å²) in [5.74, 6) is -0.434. The van der Waals surface area contributed by atoms with Crippen molar-refractivity contribution in [1.29, 1.82) is 0 Å². The zero-order chi connectivity index (χ0) is 19.0. The third-order valence-corrected chi connectivity index (χ3v) is 6.15. The highest BCUT2D eigenvalue weighted by atomic mass is 32.1. The molecule has 0 bridgehead atoms. The average Bonchev–Trinajstić information content (AvgIpc) is 3.38. The van der Waals surface area contributed by atoms with E-state index < -0.39 is 12.0 Å². The second-order valence-corrected chi connectivity index (χ2v) is 7.93. The summed E-state index contributed by atoms with van der Waals surface area (Å²) in [4.78, 5) is 34.9. The summed E-state index contributed by atoms with van der Waals surface area (Å²) in [5.41, 5.74) is 1.67. The molecule has 1 atom stereocenters. The fraction of sp³-hybridized carbons (Fsp3) is 0.211. The van der Waals surface area contributed by atoms with Crippen molar-refractivity contribution >= 4 is 34.7 Å². The molecule has 1 N–H and O–H groups in total. The van der Waals surface area contributed by atoms with E-state index in [4.69, 9.17) is 4.74 Å².